The SMILES string of the molecule is CCCc1c(C=Cc2ccccc2C)nc2ccc(C(=O)OCCN(CC)CC)cn2c1=O. The molecular formula is C27H33N3O3. The third kappa shape index (κ3) is 5.96. The molecule has 0 aliphatic heterocycles. The predicted octanol–water partition coefficient (Wildman–Crippen LogP) is 4.62. The Labute approximate surface area is 195 Å². The van der Waals surface area contributed by atoms with Crippen LogP contribution in [0.25, 0.3) is 17.8 Å². The fourth-order valence-corrected chi connectivity index (χ4v) is 3.77. The lowest BCUT2D eigenvalue weighted by Gasteiger charge is -2.17. The first-order valence-electron chi connectivity index (χ1n) is 11.7. The Morgan fingerprint density at radius 2 is 1.85 bits per heavy atom. The van der Waals surface area contributed by atoms with Gasteiger partial charge in [-0.25, -0.2) is 9.78 Å². The quantitative estimate of drug-likeness (QED) is 0.424. The van der Waals surface area contributed by atoms with Crippen molar-refractivity contribution in [2.24, 2.45) is 0 Å². The standard InChI is InChI=1S/C27H33N3O3/c1-5-10-23-24(15-13-21-12-9-8-11-20(21)4)28-25-16-14-22(19-30(25)26(23)31)27(32)33-18-17-29(6-2)7-3/h8-9,11-16,19H,5-7,10,17-18H2,1-4H3. The van der Waals surface area contributed by atoms with Crippen LogP contribution in [0.5, 0.6) is 0 Å². The van der Waals surface area contributed by atoms with Gasteiger partial charge >= 0.3 is 5.97 Å². The minimum absolute atomic E-state index is 0.149. The number of ether oxygens (including phenoxy) is 1. The number of nitrogens with zero attached hydrogens (tertiary/aromatic N) is 3. The summed E-state index contributed by atoms with van der Waals surface area (Å²) in [4.78, 5) is 32.8. The maximum atomic E-state index is 13.3. The van der Waals surface area contributed by atoms with E-state index in [0.29, 0.717) is 42.0 Å². The van der Waals surface area contributed by atoms with Crippen molar-refractivity contribution < 1.29 is 9.53 Å². The van der Waals surface area contributed by atoms with E-state index >= 15 is 0 Å². The number of hydrogen-bond acceptors (Lipinski definition) is 5. The van der Waals surface area contributed by atoms with E-state index < -0.39 is 5.97 Å². The summed E-state index contributed by atoms with van der Waals surface area (Å²) in [7, 11) is 0. The van der Waals surface area contributed by atoms with E-state index in [0.717, 1.165) is 30.6 Å². The van der Waals surface area contributed by atoms with Gasteiger partial charge in [-0.15, -0.1) is 0 Å². The summed E-state index contributed by atoms with van der Waals surface area (Å²) in [5.41, 5.74) is 4.26. The molecule has 0 bridgehead atoms. The molecule has 6 heteroatoms. The number of aromatic nitrogens is 2. The molecule has 0 spiro atoms. The first-order valence-corrected chi connectivity index (χ1v) is 11.7. The molecular weight excluding hydrogens is 414 g/mol. The molecule has 0 N–H and O–H groups in total. The lowest BCUT2D eigenvalue weighted by Crippen LogP contribution is -2.28. The number of fused-ring (bicyclic) bond motifs is 1. The average molecular weight is 448 g/mol. The number of aryl methyl sites for hydroxylation is 1. The third-order valence-corrected chi connectivity index (χ3v) is 5.83. The second-order valence-electron chi connectivity index (χ2n) is 8.03. The van der Waals surface area contributed by atoms with Crippen LogP contribution in [0.4, 0.5) is 0 Å². The highest BCUT2D eigenvalue weighted by Gasteiger charge is 2.14. The molecule has 0 unspecified atom stereocenters. The van der Waals surface area contributed by atoms with Crippen LogP contribution in [0.2, 0.25) is 0 Å². The molecule has 6 nitrogen and oxygen atoms in total. The highest BCUT2D eigenvalue weighted by molar-refractivity contribution is 5.89. The molecule has 33 heavy (non-hydrogen) atoms. The van der Waals surface area contributed by atoms with Gasteiger partial charge in [-0.2, -0.15) is 0 Å². The largest absolute Gasteiger partial charge is 0.461 e. The van der Waals surface area contributed by atoms with Gasteiger partial charge in [0, 0.05) is 18.3 Å². The molecule has 3 aromatic rings. The van der Waals surface area contributed by atoms with Gasteiger partial charge in [0.05, 0.1) is 11.3 Å². The highest BCUT2D eigenvalue weighted by atomic mass is 16.5. The number of hydrogen-bond donors (Lipinski definition) is 0. The van der Waals surface area contributed by atoms with Crippen molar-refractivity contribution in [1.29, 1.82) is 0 Å². The van der Waals surface area contributed by atoms with E-state index in [-0.39, 0.29) is 5.56 Å². The molecule has 0 aliphatic carbocycles. The highest BCUT2D eigenvalue weighted by Crippen LogP contribution is 2.15. The Hall–Kier alpha value is -3.25. The molecule has 0 saturated heterocycles. The Morgan fingerprint density at radius 3 is 2.55 bits per heavy atom. The Morgan fingerprint density at radius 1 is 1.09 bits per heavy atom. The molecule has 2 heterocycles. The van der Waals surface area contributed by atoms with E-state index in [1.807, 2.05) is 37.3 Å². The van der Waals surface area contributed by atoms with Crippen LogP contribution in [0, 0.1) is 6.92 Å². The molecule has 0 aliphatic rings. The first-order chi connectivity index (χ1) is 16.0. The Kier molecular flexibility index (Phi) is 8.55. The number of carbonyl (C=O) groups excluding carboxylic acids is 1. The van der Waals surface area contributed by atoms with Crippen LogP contribution in [0.15, 0.2) is 47.4 Å². The maximum absolute atomic E-state index is 13.3. The minimum atomic E-state index is -0.434. The van der Waals surface area contributed by atoms with Gasteiger partial charge in [-0.3, -0.25) is 9.20 Å². The number of benzene rings is 1. The molecule has 0 saturated carbocycles. The zero-order valence-electron chi connectivity index (χ0n) is 20.0. The molecule has 0 fully saturated rings. The van der Waals surface area contributed by atoms with E-state index in [9.17, 15) is 9.59 Å². The number of likely N-dealkylation sites (N-methyl/N-ethyl adjacent to an activating group) is 1. The van der Waals surface area contributed by atoms with Crippen LogP contribution in [-0.4, -0.2) is 46.5 Å². The number of pyridine rings is 1. The van der Waals surface area contributed by atoms with Gasteiger partial charge < -0.3 is 9.64 Å². The lowest BCUT2D eigenvalue weighted by molar-refractivity contribution is 0.0466. The predicted molar refractivity (Wildman–Crippen MR) is 134 cm³/mol. The van der Waals surface area contributed by atoms with Gasteiger partial charge in [-0.05, 0) is 55.8 Å². The van der Waals surface area contributed by atoms with Crippen molar-refractivity contribution in [3.8, 4) is 0 Å². The number of rotatable bonds is 10. The Balaban J connectivity index is 1.91. The normalized spacial score (nSPS) is 11.5. The van der Waals surface area contributed by atoms with Crippen molar-refractivity contribution in [3.05, 3.63) is 80.9 Å². The number of esters is 1. The van der Waals surface area contributed by atoms with Crippen molar-refractivity contribution >= 4 is 23.8 Å². The van der Waals surface area contributed by atoms with Gasteiger partial charge in [0.1, 0.15) is 12.3 Å². The van der Waals surface area contributed by atoms with Gasteiger partial charge in [0.15, 0.2) is 0 Å². The van der Waals surface area contributed by atoms with Crippen molar-refractivity contribution in [2.45, 2.75) is 40.5 Å². The van der Waals surface area contributed by atoms with Crippen molar-refractivity contribution in [1.82, 2.24) is 14.3 Å². The van der Waals surface area contributed by atoms with Crippen LogP contribution < -0.4 is 5.56 Å². The minimum Gasteiger partial charge on any atom is -0.461 e. The number of carbonyl (C=O) groups is 1. The lowest BCUT2D eigenvalue weighted by atomic mass is 10.1. The van der Waals surface area contributed by atoms with Crippen LogP contribution in [0.1, 0.15) is 59.9 Å². The third-order valence-electron chi connectivity index (χ3n) is 5.83. The fourth-order valence-electron chi connectivity index (χ4n) is 3.77. The van der Waals surface area contributed by atoms with Gasteiger partial charge in [0.2, 0.25) is 0 Å². The zero-order chi connectivity index (χ0) is 23.8. The molecule has 0 amide bonds. The summed E-state index contributed by atoms with van der Waals surface area (Å²) < 4.78 is 6.88. The summed E-state index contributed by atoms with van der Waals surface area (Å²) >= 11 is 0. The van der Waals surface area contributed by atoms with Crippen molar-refractivity contribution in [3.63, 3.8) is 0 Å². The fraction of sp³-hybridized carbons (Fsp3) is 0.370. The molecule has 2 aromatic heterocycles. The van der Waals surface area contributed by atoms with E-state index in [4.69, 9.17) is 9.72 Å². The van der Waals surface area contributed by atoms with Gasteiger partial charge in [0.25, 0.3) is 5.56 Å². The smallest absolute Gasteiger partial charge is 0.339 e. The van der Waals surface area contributed by atoms with E-state index in [1.54, 1.807) is 18.3 Å². The maximum Gasteiger partial charge on any atom is 0.339 e. The van der Waals surface area contributed by atoms with Gasteiger partial charge in [-0.1, -0.05) is 57.5 Å². The first kappa shape index (κ1) is 24.4. The molecule has 3 rings (SSSR count). The molecule has 1 aromatic carbocycles. The van der Waals surface area contributed by atoms with Crippen LogP contribution >= 0.6 is 0 Å². The summed E-state index contributed by atoms with van der Waals surface area (Å²) in [6.45, 7) is 11.1. The van der Waals surface area contributed by atoms with Crippen LogP contribution in [-0.2, 0) is 11.2 Å². The average Bonchev–Trinajstić information content (AvgIpc) is 2.83. The van der Waals surface area contributed by atoms with E-state index in [1.165, 1.54) is 4.40 Å². The zero-order valence-corrected chi connectivity index (χ0v) is 20.0. The second kappa shape index (κ2) is 11.6. The topological polar surface area (TPSA) is 63.9 Å². The molecule has 0 atom stereocenters. The second-order valence-corrected chi connectivity index (χ2v) is 8.03. The van der Waals surface area contributed by atoms with Crippen LogP contribution in [0.3, 0.4) is 0 Å². The summed E-state index contributed by atoms with van der Waals surface area (Å²) in [5.74, 6) is -0.434. The van der Waals surface area contributed by atoms with Crippen molar-refractivity contribution in [2.75, 3.05) is 26.2 Å². The Bertz CT molecular complexity index is 1190. The molecule has 0 radical (unpaired) electrons. The summed E-state index contributed by atoms with van der Waals surface area (Å²) in [6.07, 6.45) is 6.87. The summed E-state index contributed by atoms with van der Waals surface area (Å²) in [6, 6.07) is 11.4. The summed E-state index contributed by atoms with van der Waals surface area (Å²) in [5, 5.41) is 0. The monoisotopic (exact) mass is 447 g/mol. The molecule has 174 valence electrons. The van der Waals surface area contributed by atoms with E-state index in [2.05, 4.69) is 31.7 Å².